The molecule has 0 radical (unpaired) electrons. The summed E-state index contributed by atoms with van der Waals surface area (Å²) in [6, 6.07) is 16.9. The van der Waals surface area contributed by atoms with Crippen LogP contribution < -0.4 is 10.1 Å². The molecule has 2 aromatic carbocycles. The van der Waals surface area contributed by atoms with Gasteiger partial charge in [0.05, 0.1) is 35.4 Å². The summed E-state index contributed by atoms with van der Waals surface area (Å²) in [7, 11) is 1.22. The first-order valence-electron chi connectivity index (χ1n) is 9.62. The van der Waals surface area contributed by atoms with Crippen molar-refractivity contribution in [1.29, 1.82) is 5.26 Å². The van der Waals surface area contributed by atoms with Gasteiger partial charge < -0.3 is 14.8 Å². The fraction of sp³-hybridized carbons (Fsp3) is 0.261. The molecule has 1 heterocycles. The van der Waals surface area contributed by atoms with E-state index in [0.717, 1.165) is 5.56 Å². The number of rotatable bonds is 7. The molecular formula is C23H21ClN2O4S. The van der Waals surface area contributed by atoms with Gasteiger partial charge in [-0.25, -0.2) is 0 Å². The van der Waals surface area contributed by atoms with E-state index in [1.54, 1.807) is 18.2 Å². The quantitative estimate of drug-likeness (QED) is 0.490. The van der Waals surface area contributed by atoms with Gasteiger partial charge >= 0.3 is 5.97 Å². The minimum absolute atomic E-state index is 0.288. The predicted octanol–water partition coefficient (Wildman–Crippen LogP) is 4.41. The zero-order valence-corrected chi connectivity index (χ0v) is 18.6. The molecule has 160 valence electrons. The van der Waals surface area contributed by atoms with Crippen LogP contribution in [0.1, 0.15) is 24.0 Å². The lowest BCUT2D eigenvalue weighted by Gasteiger charge is -2.31. The predicted molar refractivity (Wildman–Crippen MR) is 119 cm³/mol. The molecule has 1 aliphatic rings. The number of esters is 1. The number of ether oxygens (including phenoxy) is 2. The Labute approximate surface area is 190 Å². The molecule has 1 aliphatic heterocycles. The summed E-state index contributed by atoms with van der Waals surface area (Å²) < 4.78 is 10.3. The maximum absolute atomic E-state index is 12.9. The second kappa shape index (κ2) is 10.4. The molecule has 8 heteroatoms. The number of amides is 1. The van der Waals surface area contributed by atoms with Crippen LogP contribution in [-0.2, 0) is 20.1 Å². The normalized spacial score (nSPS) is 18.2. The number of nitrogens with one attached hydrogen (secondary N) is 1. The topological polar surface area (TPSA) is 88.4 Å². The largest absolute Gasteiger partial charge is 0.492 e. The highest BCUT2D eigenvalue weighted by Crippen LogP contribution is 2.42. The summed E-state index contributed by atoms with van der Waals surface area (Å²) in [5.41, 5.74) is 1.89. The standard InChI is InChI=1S/C23H21ClN2O4S/c1-3-30-18-10-9-15(11-17(18)24)19-16(12-25)22(26-21(27)20(19)23(28)29-2)31-13-14-7-5-4-6-8-14/h4-11,19-20H,3,13H2,1-2H3,(H,26,27)/t19-,20+/m1/s1. The second-order valence-electron chi connectivity index (χ2n) is 6.72. The molecule has 0 aliphatic carbocycles. The number of allylic oxidation sites excluding steroid dienone is 1. The van der Waals surface area contributed by atoms with E-state index in [4.69, 9.17) is 21.1 Å². The third-order valence-corrected chi connectivity index (χ3v) is 6.21. The Hall–Kier alpha value is -2.95. The molecule has 1 N–H and O–H groups in total. The van der Waals surface area contributed by atoms with E-state index in [0.29, 0.717) is 33.7 Å². The van der Waals surface area contributed by atoms with Crippen molar-refractivity contribution in [2.45, 2.75) is 18.6 Å². The summed E-state index contributed by atoms with van der Waals surface area (Å²) in [6.45, 7) is 2.29. The van der Waals surface area contributed by atoms with Gasteiger partial charge in [-0.15, -0.1) is 11.8 Å². The minimum atomic E-state index is -1.20. The molecule has 1 amide bonds. The Morgan fingerprint density at radius 2 is 2.00 bits per heavy atom. The highest BCUT2D eigenvalue weighted by atomic mass is 35.5. The minimum Gasteiger partial charge on any atom is -0.492 e. The maximum atomic E-state index is 12.9. The van der Waals surface area contributed by atoms with E-state index < -0.39 is 23.7 Å². The number of carbonyl (C=O) groups is 2. The molecule has 2 aromatic rings. The van der Waals surface area contributed by atoms with Crippen LogP contribution in [0.3, 0.4) is 0 Å². The zero-order chi connectivity index (χ0) is 22.4. The molecular weight excluding hydrogens is 436 g/mol. The Morgan fingerprint density at radius 3 is 2.61 bits per heavy atom. The van der Waals surface area contributed by atoms with Gasteiger partial charge in [0, 0.05) is 11.7 Å². The van der Waals surface area contributed by atoms with Crippen LogP contribution in [0, 0.1) is 17.2 Å². The summed E-state index contributed by atoms with van der Waals surface area (Å²) in [5, 5.41) is 13.5. The number of nitrogens with zero attached hydrogens (tertiary/aromatic N) is 1. The Balaban J connectivity index is 2.04. The van der Waals surface area contributed by atoms with Gasteiger partial charge in [0.1, 0.15) is 11.7 Å². The van der Waals surface area contributed by atoms with Gasteiger partial charge in [-0.3, -0.25) is 9.59 Å². The SMILES string of the molecule is CCOc1ccc([C@@H]2C(C#N)=C(SCc3ccccc3)NC(=O)[C@H]2C(=O)OC)cc1Cl. The lowest BCUT2D eigenvalue weighted by Crippen LogP contribution is -2.44. The fourth-order valence-corrected chi connectivity index (χ4v) is 4.64. The molecule has 6 nitrogen and oxygen atoms in total. The average molecular weight is 457 g/mol. The van der Waals surface area contributed by atoms with E-state index >= 15 is 0 Å². The summed E-state index contributed by atoms with van der Waals surface area (Å²) in [6.07, 6.45) is 0. The summed E-state index contributed by atoms with van der Waals surface area (Å²) >= 11 is 7.69. The van der Waals surface area contributed by atoms with Crippen LogP contribution in [0.15, 0.2) is 59.1 Å². The van der Waals surface area contributed by atoms with Gasteiger partial charge in [-0.1, -0.05) is 48.0 Å². The van der Waals surface area contributed by atoms with Crippen LogP contribution in [0.2, 0.25) is 5.02 Å². The van der Waals surface area contributed by atoms with E-state index in [-0.39, 0.29) is 5.57 Å². The van der Waals surface area contributed by atoms with E-state index in [2.05, 4.69) is 11.4 Å². The van der Waals surface area contributed by atoms with Crippen molar-refractivity contribution < 1.29 is 19.1 Å². The van der Waals surface area contributed by atoms with Gasteiger partial charge in [0.2, 0.25) is 5.91 Å². The number of nitriles is 1. The molecule has 0 unspecified atom stereocenters. The third-order valence-electron chi connectivity index (χ3n) is 4.82. The molecule has 2 atom stereocenters. The van der Waals surface area contributed by atoms with Crippen LogP contribution >= 0.6 is 23.4 Å². The van der Waals surface area contributed by atoms with Crippen molar-refractivity contribution in [1.82, 2.24) is 5.32 Å². The molecule has 0 saturated heterocycles. The molecule has 3 rings (SSSR count). The van der Waals surface area contributed by atoms with Gasteiger partial charge in [0.25, 0.3) is 0 Å². The highest BCUT2D eigenvalue weighted by molar-refractivity contribution is 8.02. The van der Waals surface area contributed by atoms with E-state index in [9.17, 15) is 14.9 Å². The first-order valence-corrected chi connectivity index (χ1v) is 11.0. The number of halogens is 1. The molecule has 0 fully saturated rings. The van der Waals surface area contributed by atoms with E-state index in [1.165, 1.54) is 18.9 Å². The lowest BCUT2D eigenvalue weighted by atomic mass is 9.78. The third kappa shape index (κ3) is 5.04. The van der Waals surface area contributed by atoms with Crippen molar-refractivity contribution in [3.05, 3.63) is 75.3 Å². The number of methoxy groups -OCH3 is 1. The van der Waals surface area contributed by atoms with Crippen LogP contribution in [0.5, 0.6) is 5.75 Å². The first-order chi connectivity index (χ1) is 15.0. The van der Waals surface area contributed by atoms with Crippen LogP contribution in [0.4, 0.5) is 0 Å². The summed E-state index contributed by atoms with van der Waals surface area (Å²) in [4.78, 5) is 25.4. The van der Waals surface area contributed by atoms with E-state index in [1.807, 2.05) is 37.3 Å². The van der Waals surface area contributed by atoms with Gasteiger partial charge in [0.15, 0.2) is 0 Å². The first kappa shape index (κ1) is 22.7. The maximum Gasteiger partial charge on any atom is 0.319 e. The number of benzene rings is 2. The zero-order valence-electron chi connectivity index (χ0n) is 17.1. The van der Waals surface area contributed by atoms with Crippen LogP contribution in [0.25, 0.3) is 0 Å². The molecule has 0 bridgehead atoms. The van der Waals surface area contributed by atoms with Crippen molar-refractivity contribution in [2.24, 2.45) is 5.92 Å². The van der Waals surface area contributed by atoms with Crippen molar-refractivity contribution in [2.75, 3.05) is 13.7 Å². The Kier molecular flexibility index (Phi) is 7.61. The average Bonchev–Trinajstić information content (AvgIpc) is 2.78. The smallest absolute Gasteiger partial charge is 0.319 e. The second-order valence-corrected chi connectivity index (χ2v) is 8.11. The highest BCUT2D eigenvalue weighted by Gasteiger charge is 2.44. The van der Waals surface area contributed by atoms with Crippen molar-refractivity contribution in [3.63, 3.8) is 0 Å². The Bertz CT molecular complexity index is 1050. The fourth-order valence-electron chi connectivity index (χ4n) is 3.39. The van der Waals surface area contributed by atoms with Crippen molar-refractivity contribution >= 4 is 35.2 Å². The Morgan fingerprint density at radius 1 is 1.26 bits per heavy atom. The number of hydrogen-bond donors (Lipinski definition) is 1. The molecule has 0 saturated carbocycles. The molecule has 31 heavy (non-hydrogen) atoms. The van der Waals surface area contributed by atoms with Gasteiger partial charge in [-0.2, -0.15) is 5.26 Å². The van der Waals surface area contributed by atoms with Gasteiger partial charge in [-0.05, 0) is 30.2 Å². The monoisotopic (exact) mass is 456 g/mol. The number of carbonyl (C=O) groups excluding carboxylic acids is 2. The van der Waals surface area contributed by atoms with Crippen LogP contribution in [-0.4, -0.2) is 25.6 Å². The number of hydrogen-bond acceptors (Lipinski definition) is 6. The summed E-state index contributed by atoms with van der Waals surface area (Å²) in [5.74, 6) is -2.21. The lowest BCUT2D eigenvalue weighted by molar-refractivity contribution is -0.150. The molecule has 0 spiro atoms. The molecule has 0 aromatic heterocycles. The van der Waals surface area contributed by atoms with Crippen molar-refractivity contribution in [3.8, 4) is 11.8 Å². The number of thioether (sulfide) groups is 1.